The highest BCUT2D eigenvalue weighted by Crippen LogP contribution is 2.28. The molecule has 0 saturated heterocycles. The average molecular weight is 559 g/mol. The topological polar surface area (TPSA) is 130 Å². The lowest BCUT2D eigenvalue weighted by Crippen LogP contribution is -2.51. The van der Waals surface area contributed by atoms with Crippen LogP contribution in [-0.4, -0.2) is 55.4 Å². The van der Waals surface area contributed by atoms with Gasteiger partial charge in [0.25, 0.3) is 5.69 Å². The molecule has 36 heavy (non-hydrogen) atoms. The van der Waals surface area contributed by atoms with Gasteiger partial charge in [0.2, 0.25) is 21.8 Å². The molecule has 196 valence electrons. The van der Waals surface area contributed by atoms with Crippen molar-refractivity contribution < 1.29 is 22.9 Å². The third-order valence-corrected chi connectivity index (χ3v) is 7.27. The van der Waals surface area contributed by atoms with Crippen LogP contribution in [0.2, 0.25) is 10.0 Å². The maximum Gasteiger partial charge on any atom is 0.271 e. The molecule has 13 heteroatoms. The number of hydrogen-bond acceptors (Lipinski definition) is 6. The maximum absolute atomic E-state index is 13.5. The Morgan fingerprint density at radius 2 is 1.81 bits per heavy atom. The van der Waals surface area contributed by atoms with Crippen molar-refractivity contribution in [2.45, 2.75) is 39.8 Å². The molecule has 0 radical (unpaired) electrons. The van der Waals surface area contributed by atoms with Crippen LogP contribution in [0, 0.1) is 17.0 Å². The average Bonchev–Trinajstić information content (AvgIpc) is 2.80. The highest BCUT2D eigenvalue weighted by Gasteiger charge is 2.31. The van der Waals surface area contributed by atoms with Gasteiger partial charge in [0.05, 0.1) is 26.9 Å². The molecule has 0 saturated carbocycles. The number of anilines is 1. The van der Waals surface area contributed by atoms with Gasteiger partial charge in [0.15, 0.2) is 0 Å². The van der Waals surface area contributed by atoms with E-state index in [2.05, 4.69) is 5.32 Å². The predicted molar refractivity (Wildman–Crippen MR) is 140 cm³/mol. The second-order valence-electron chi connectivity index (χ2n) is 8.23. The molecule has 2 aromatic carbocycles. The van der Waals surface area contributed by atoms with Gasteiger partial charge >= 0.3 is 0 Å². The summed E-state index contributed by atoms with van der Waals surface area (Å²) in [4.78, 5) is 38.1. The van der Waals surface area contributed by atoms with Crippen molar-refractivity contribution >= 4 is 56.4 Å². The second kappa shape index (κ2) is 12.4. The molecule has 10 nitrogen and oxygen atoms in total. The lowest BCUT2D eigenvalue weighted by molar-refractivity contribution is -0.384. The van der Waals surface area contributed by atoms with Crippen LogP contribution in [-0.2, 0) is 26.2 Å². The van der Waals surface area contributed by atoms with E-state index >= 15 is 0 Å². The van der Waals surface area contributed by atoms with Crippen molar-refractivity contribution in [3.63, 3.8) is 0 Å². The van der Waals surface area contributed by atoms with Crippen molar-refractivity contribution in [1.82, 2.24) is 10.2 Å². The molecule has 2 aromatic rings. The van der Waals surface area contributed by atoms with E-state index < -0.39 is 39.3 Å². The van der Waals surface area contributed by atoms with Crippen molar-refractivity contribution in [1.29, 1.82) is 0 Å². The van der Waals surface area contributed by atoms with Gasteiger partial charge in [-0.25, -0.2) is 8.42 Å². The first-order chi connectivity index (χ1) is 16.8. The smallest absolute Gasteiger partial charge is 0.271 e. The fourth-order valence-corrected chi connectivity index (χ4v) is 4.61. The third-order valence-electron chi connectivity index (χ3n) is 5.40. The van der Waals surface area contributed by atoms with Crippen LogP contribution < -0.4 is 9.62 Å². The standard InChI is InChI=1S/C23H28Cl2N4O6S/c1-5-10-26-23(31)16(3)27(13-17-7-9-19(24)20(25)11-17)22(30)14-28(36(4,34)35)21-12-18(29(32)33)8-6-15(21)2/h6-9,11-12,16H,5,10,13-14H2,1-4H3,(H,26,31). The van der Waals surface area contributed by atoms with Crippen LogP contribution in [0.4, 0.5) is 11.4 Å². The number of benzene rings is 2. The highest BCUT2D eigenvalue weighted by atomic mass is 35.5. The minimum absolute atomic E-state index is 0.00220. The van der Waals surface area contributed by atoms with Crippen molar-refractivity contribution in [2.24, 2.45) is 0 Å². The molecular weight excluding hydrogens is 531 g/mol. The molecule has 2 rings (SSSR count). The number of rotatable bonds is 11. The number of aryl methyl sites for hydroxylation is 1. The van der Waals surface area contributed by atoms with Crippen LogP contribution >= 0.6 is 23.2 Å². The molecule has 1 atom stereocenters. The number of amides is 2. The minimum Gasteiger partial charge on any atom is -0.354 e. The number of non-ortho nitro benzene ring substituents is 1. The molecular formula is C23H28Cl2N4O6S. The Morgan fingerprint density at radius 3 is 2.36 bits per heavy atom. The highest BCUT2D eigenvalue weighted by molar-refractivity contribution is 7.92. The molecule has 2 amide bonds. The lowest BCUT2D eigenvalue weighted by atomic mass is 10.1. The summed E-state index contributed by atoms with van der Waals surface area (Å²) in [6.45, 7) is 4.67. The summed E-state index contributed by atoms with van der Waals surface area (Å²) in [6, 6.07) is 7.56. The summed E-state index contributed by atoms with van der Waals surface area (Å²) in [6.07, 6.45) is 1.59. The van der Waals surface area contributed by atoms with E-state index in [0.717, 1.165) is 16.6 Å². The lowest BCUT2D eigenvalue weighted by Gasteiger charge is -2.32. The molecule has 0 bridgehead atoms. The summed E-state index contributed by atoms with van der Waals surface area (Å²) < 4.78 is 26.2. The van der Waals surface area contributed by atoms with Gasteiger partial charge in [-0.1, -0.05) is 42.3 Å². The van der Waals surface area contributed by atoms with Gasteiger partial charge in [-0.3, -0.25) is 24.0 Å². The zero-order chi connectivity index (χ0) is 27.2. The molecule has 0 aliphatic rings. The quantitative estimate of drug-likeness (QED) is 0.328. The molecule has 0 aliphatic heterocycles. The van der Waals surface area contributed by atoms with Gasteiger partial charge in [-0.05, 0) is 43.5 Å². The molecule has 0 fully saturated rings. The molecule has 0 aromatic heterocycles. The second-order valence-corrected chi connectivity index (χ2v) is 11.0. The fraction of sp³-hybridized carbons (Fsp3) is 0.391. The van der Waals surface area contributed by atoms with Crippen LogP contribution in [0.15, 0.2) is 36.4 Å². The first kappa shape index (κ1) is 29.3. The Balaban J connectivity index is 2.48. The van der Waals surface area contributed by atoms with E-state index in [1.165, 1.54) is 24.0 Å². The summed E-state index contributed by atoms with van der Waals surface area (Å²) in [7, 11) is -4.03. The first-order valence-corrected chi connectivity index (χ1v) is 13.6. The van der Waals surface area contributed by atoms with Gasteiger partial charge in [0, 0.05) is 25.2 Å². The summed E-state index contributed by atoms with van der Waals surface area (Å²) in [5.41, 5.74) is 0.670. The number of nitrogens with zero attached hydrogens (tertiary/aromatic N) is 3. The maximum atomic E-state index is 13.5. The normalized spacial score (nSPS) is 12.1. The van der Waals surface area contributed by atoms with Gasteiger partial charge in [0.1, 0.15) is 12.6 Å². The van der Waals surface area contributed by atoms with Crippen molar-refractivity contribution in [2.75, 3.05) is 23.7 Å². The number of halogens is 2. The number of carbonyl (C=O) groups excluding carboxylic acids is 2. The molecule has 0 aliphatic carbocycles. The van der Waals surface area contributed by atoms with Crippen LogP contribution in [0.25, 0.3) is 0 Å². The molecule has 1 N–H and O–H groups in total. The van der Waals surface area contributed by atoms with E-state index in [0.29, 0.717) is 29.1 Å². The largest absolute Gasteiger partial charge is 0.354 e. The van der Waals surface area contributed by atoms with Crippen LogP contribution in [0.5, 0.6) is 0 Å². The van der Waals surface area contributed by atoms with Crippen LogP contribution in [0.1, 0.15) is 31.4 Å². The number of nitro benzene ring substituents is 1. The summed E-state index contributed by atoms with van der Waals surface area (Å²) >= 11 is 12.1. The Labute approximate surface area is 220 Å². The van der Waals surface area contributed by atoms with E-state index in [1.807, 2.05) is 6.92 Å². The number of nitrogens with one attached hydrogen (secondary N) is 1. The van der Waals surface area contributed by atoms with E-state index in [4.69, 9.17) is 23.2 Å². The molecule has 1 unspecified atom stereocenters. The molecule has 0 heterocycles. The Morgan fingerprint density at radius 1 is 1.14 bits per heavy atom. The zero-order valence-corrected chi connectivity index (χ0v) is 22.7. The Kier molecular flexibility index (Phi) is 10.1. The summed E-state index contributed by atoms with van der Waals surface area (Å²) in [5.74, 6) is -1.10. The summed E-state index contributed by atoms with van der Waals surface area (Å²) in [5, 5.41) is 14.6. The van der Waals surface area contributed by atoms with Gasteiger partial charge < -0.3 is 10.2 Å². The third kappa shape index (κ3) is 7.55. The van der Waals surface area contributed by atoms with Gasteiger partial charge in [-0.2, -0.15) is 0 Å². The predicted octanol–water partition coefficient (Wildman–Crippen LogP) is 3.92. The van der Waals surface area contributed by atoms with Crippen LogP contribution in [0.3, 0.4) is 0 Å². The van der Waals surface area contributed by atoms with E-state index in [-0.39, 0.29) is 22.9 Å². The Hall–Kier alpha value is -2.89. The number of nitro groups is 1. The zero-order valence-electron chi connectivity index (χ0n) is 20.3. The first-order valence-electron chi connectivity index (χ1n) is 11.0. The van der Waals surface area contributed by atoms with Crippen molar-refractivity contribution in [3.05, 3.63) is 67.7 Å². The van der Waals surface area contributed by atoms with E-state index in [1.54, 1.807) is 25.1 Å². The molecule has 0 spiro atoms. The monoisotopic (exact) mass is 558 g/mol. The van der Waals surface area contributed by atoms with Crippen molar-refractivity contribution in [3.8, 4) is 0 Å². The van der Waals surface area contributed by atoms with Gasteiger partial charge in [-0.15, -0.1) is 0 Å². The number of sulfonamides is 1. The number of carbonyl (C=O) groups is 2. The fourth-order valence-electron chi connectivity index (χ4n) is 3.39. The SMILES string of the molecule is CCCNC(=O)C(C)N(Cc1ccc(Cl)c(Cl)c1)C(=O)CN(c1cc([N+](=O)[O-])ccc1C)S(C)(=O)=O. The minimum atomic E-state index is -4.03. The van der Waals surface area contributed by atoms with E-state index in [9.17, 15) is 28.1 Å². The Bertz CT molecular complexity index is 1260. The number of hydrogen-bond donors (Lipinski definition) is 1.